The number of nitrogens with two attached hydrogens (primary N) is 1. The number of amides is 1. The third kappa shape index (κ3) is 3.15. The maximum atomic E-state index is 12.3. The molecule has 1 heterocycles. The number of methoxy groups -OCH3 is 1. The van der Waals surface area contributed by atoms with E-state index in [0.717, 1.165) is 11.3 Å². The van der Waals surface area contributed by atoms with Crippen LogP contribution in [0.3, 0.4) is 0 Å². The molecule has 0 aliphatic heterocycles. The van der Waals surface area contributed by atoms with E-state index in [1.54, 1.807) is 19.2 Å². The van der Waals surface area contributed by atoms with Crippen molar-refractivity contribution in [3.8, 4) is 5.75 Å². The molecule has 3 N–H and O–H groups in total. The Hall–Kier alpha value is -1.92. The molecule has 1 atom stereocenters. The predicted molar refractivity (Wildman–Crippen MR) is 80.4 cm³/mol. The van der Waals surface area contributed by atoms with Crippen molar-refractivity contribution in [1.82, 2.24) is 4.98 Å². The highest BCUT2D eigenvalue weighted by Gasteiger charge is 2.15. The number of carbonyl (C=O) groups is 1. The number of nitrogens with one attached hydrogen (secondary N) is 1. The summed E-state index contributed by atoms with van der Waals surface area (Å²) in [6.45, 7) is 3.78. The number of nitrogens with zero attached hydrogens (tertiary/aromatic N) is 1. The molecule has 1 aromatic carbocycles. The molecular weight excluding hydrogens is 274 g/mol. The Labute approximate surface area is 121 Å². The van der Waals surface area contributed by atoms with Crippen molar-refractivity contribution in [3.05, 3.63) is 40.4 Å². The van der Waals surface area contributed by atoms with Gasteiger partial charge in [0.2, 0.25) is 0 Å². The zero-order chi connectivity index (χ0) is 14.7. The van der Waals surface area contributed by atoms with Gasteiger partial charge in [-0.3, -0.25) is 10.1 Å². The van der Waals surface area contributed by atoms with Crippen LogP contribution in [0.15, 0.2) is 23.6 Å². The quantitative estimate of drug-likeness (QED) is 0.908. The van der Waals surface area contributed by atoms with Crippen LogP contribution in [0.2, 0.25) is 0 Å². The number of hydrogen-bond donors (Lipinski definition) is 2. The summed E-state index contributed by atoms with van der Waals surface area (Å²) >= 11 is 1.35. The molecule has 0 saturated carbocycles. The Bertz CT molecular complexity index is 623. The molecule has 20 heavy (non-hydrogen) atoms. The molecule has 2 rings (SSSR count). The van der Waals surface area contributed by atoms with Crippen LogP contribution in [0.1, 0.15) is 34.6 Å². The molecule has 0 aliphatic rings. The summed E-state index contributed by atoms with van der Waals surface area (Å²) in [6.07, 6.45) is 0. The summed E-state index contributed by atoms with van der Waals surface area (Å²) in [7, 11) is 1.54. The molecule has 0 saturated heterocycles. The third-order valence-electron chi connectivity index (χ3n) is 2.81. The Morgan fingerprint density at radius 3 is 2.85 bits per heavy atom. The molecule has 1 amide bonds. The molecule has 1 unspecified atom stereocenters. The van der Waals surface area contributed by atoms with Gasteiger partial charge in [0.25, 0.3) is 5.91 Å². The van der Waals surface area contributed by atoms with Crippen molar-refractivity contribution in [2.45, 2.75) is 19.9 Å². The van der Waals surface area contributed by atoms with Gasteiger partial charge in [-0.2, -0.15) is 0 Å². The van der Waals surface area contributed by atoms with Gasteiger partial charge in [-0.05, 0) is 26.0 Å². The smallest absolute Gasteiger partial charge is 0.261 e. The number of ether oxygens (including phenoxy) is 1. The fourth-order valence-corrected chi connectivity index (χ4v) is 2.53. The average molecular weight is 291 g/mol. The summed E-state index contributed by atoms with van der Waals surface area (Å²) < 4.78 is 5.20. The second-order valence-electron chi connectivity index (χ2n) is 4.52. The van der Waals surface area contributed by atoms with Crippen molar-refractivity contribution in [2.24, 2.45) is 5.73 Å². The highest BCUT2D eigenvalue weighted by molar-refractivity contribution is 7.14. The van der Waals surface area contributed by atoms with Gasteiger partial charge in [0.1, 0.15) is 5.75 Å². The van der Waals surface area contributed by atoms with Crippen LogP contribution in [0.25, 0.3) is 0 Å². The van der Waals surface area contributed by atoms with E-state index < -0.39 is 0 Å². The van der Waals surface area contributed by atoms with Gasteiger partial charge in [0.05, 0.1) is 18.4 Å². The zero-order valence-corrected chi connectivity index (χ0v) is 12.5. The van der Waals surface area contributed by atoms with Gasteiger partial charge in [0, 0.05) is 11.4 Å². The number of anilines is 1. The third-order valence-corrected chi connectivity index (χ3v) is 3.58. The minimum Gasteiger partial charge on any atom is -0.496 e. The zero-order valence-electron chi connectivity index (χ0n) is 11.6. The van der Waals surface area contributed by atoms with Gasteiger partial charge in [-0.1, -0.05) is 11.6 Å². The number of aromatic nitrogens is 1. The van der Waals surface area contributed by atoms with Crippen molar-refractivity contribution in [1.29, 1.82) is 0 Å². The lowest BCUT2D eigenvalue weighted by Gasteiger charge is -2.08. The first-order valence-corrected chi connectivity index (χ1v) is 7.06. The van der Waals surface area contributed by atoms with Gasteiger partial charge in [-0.25, -0.2) is 4.98 Å². The van der Waals surface area contributed by atoms with Gasteiger partial charge in [-0.15, -0.1) is 11.3 Å². The number of thiazole rings is 1. The molecule has 106 valence electrons. The molecule has 5 nitrogen and oxygen atoms in total. The number of aryl methyl sites for hydroxylation is 1. The Morgan fingerprint density at radius 2 is 2.25 bits per heavy atom. The molecule has 0 bridgehead atoms. The fourth-order valence-electron chi connectivity index (χ4n) is 1.72. The topological polar surface area (TPSA) is 77.2 Å². The lowest BCUT2D eigenvalue weighted by atomic mass is 10.1. The minimum absolute atomic E-state index is 0.148. The van der Waals surface area contributed by atoms with Crippen LogP contribution >= 0.6 is 11.3 Å². The number of rotatable bonds is 4. The van der Waals surface area contributed by atoms with E-state index in [4.69, 9.17) is 10.5 Å². The Morgan fingerprint density at radius 1 is 1.50 bits per heavy atom. The van der Waals surface area contributed by atoms with Crippen molar-refractivity contribution in [3.63, 3.8) is 0 Å². The molecule has 2 aromatic rings. The molecule has 0 spiro atoms. The van der Waals surface area contributed by atoms with E-state index in [9.17, 15) is 4.79 Å². The second kappa shape index (κ2) is 6.02. The number of hydrogen-bond acceptors (Lipinski definition) is 5. The molecular formula is C14H17N3O2S. The summed E-state index contributed by atoms with van der Waals surface area (Å²) in [6, 6.07) is 5.31. The first-order valence-electron chi connectivity index (χ1n) is 6.18. The van der Waals surface area contributed by atoms with Crippen LogP contribution in [0, 0.1) is 6.92 Å². The molecule has 0 radical (unpaired) electrons. The lowest BCUT2D eigenvalue weighted by molar-refractivity contribution is 0.102. The van der Waals surface area contributed by atoms with E-state index in [-0.39, 0.29) is 11.9 Å². The molecule has 1 aromatic heterocycles. The van der Waals surface area contributed by atoms with Crippen LogP contribution in [-0.4, -0.2) is 18.0 Å². The van der Waals surface area contributed by atoms with Crippen LogP contribution in [0.4, 0.5) is 5.13 Å². The molecule has 0 fully saturated rings. The standard InChI is InChI=1S/C14H17N3O2S/c1-8-4-5-12(19-3)10(6-8)13(18)17-14-16-11(7-20-14)9(2)15/h4-7,9H,15H2,1-3H3,(H,16,17,18). The first-order chi connectivity index (χ1) is 9.51. The predicted octanol–water partition coefficient (Wildman–Crippen LogP) is 2.73. The first kappa shape index (κ1) is 14.5. The summed E-state index contributed by atoms with van der Waals surface area (Å²) in [5.74, 6) is 0.299. The summed E-state index contributed by atoms with van der Waals surface area (Å²) in [5.41, 5.74) is 7.99. The molecule has 0 aliphatic carbocycles. The summed E-state index contributed by atoms with van der Waals surface area (Å²) in [5, 5.41) is 5.14. The van der Waals surface area contributed by atoms with E-state index in [1.165, 1.54) is 11.3 Å². The normalized spacial score (nSPS) is 12.0. The van der Waals surface area contributed by atoms with Crippen molar-refractivity contribution >= 4 is 22.4 Å². The fraction of sp³-hybridized carbons (Fsp3) is 0.286. The van der Waals surface area contributed by atoms with Crippen LogP contribution in [0.5, 0.6) is 5.75 Å². The van der Waals surface area contributed by atoms with Crippen LogP contribution in [-0.2, 0) is 0 Å². The van der Waals surface area contributed by atoms with E-state index in [1.807, 2.05) is 25.3 Å². The van der Waals surface area contributed by atoms with Crippen molar-refractivity contribution < 1.29 is 9.53 Å². The monoisotopic (exact) mass is 291 g/mol. The van der Waals surface area contributed by atoms with E-state index in [2.05, 4.69) is 10.3 Å². The van der Waals surface area contributed by atoms with Crippen molar-refractivity contribution in [2.75, 3.05) is 12.4 Å². The Kier molecular flexibility index (Phi) is 4.36. The maximum absolute atomic E-state index is 12.3. The minimum atomic E-state index is -0.240. The van der Waals surface area contributed by atoms with E-state index >= 15 is 0 Å². The summed E-state index contributed by atoms with van der Waals surface area (Å²) in [4.78, 5) is 16.5. The number of benzene rings is 1. The number of carbonyl (C=O) groups excluding carboxylic acids is 1. The largest absolute Gasteiger partial charge is 0.496 e. The van der Waals surface area contributed by atoms with Gasteiger partial charge < -0.3 is 10.5 Å². The highest BCUT2D eigenvalue weighted by atomic mass is 32.1. The second-order valence-corrected chi connectivity index (χ2v) is 5.38. The highest BCUT2D eigenvalue weighted by Crippen LogP contribution is 2.23. The van der Waals surface area contributed by atoms with Gasteiger partial charge >= 0.3 is 0 Å². The van der Waals surface area contributed by atoms with Crippen LogP contribution < -0.4 is 15.8 Å². The SMILES string of the molecule is COc1ccc(C)cc1C(=O)Nc1nc(C(C)N)cs1. The van der Waals surface area contributed by atoms with Gasteiger partial charge in [0.15, 0.2) is 5.13 Å². The Balaban J connectivity index is 2.21. The average Bonchev–Trinajstić information content (AvgIpc) is 2.87. The molecule has 6 heteroatoms. The maximum Gasteiger partial charge on any atom is 0.261 e. The lowest BCUT2D eigenvalue weighted by Crippen LogP contribution is -2.13. The van der Waals surface area contributed by atoms with E-state index in [0.29, 0.717) is 16.4 Å².